The summed E-state index contributed by atoms with van der Waals surface area (Å²) in [5, 5.41) is 3.36. The second-order valence-electron chi connectivity index (χ2n) is 6.34. The van der Waals surface area contributed by atoms with Crippen molar-refractivity contribution in [1.82, 2.24) is 9.80 Å². The molecule has 0 bridgehead atoms. The number of benzene rings is 1. The first-order valence-electron chi connectivity index (χ1n) is 9.11. The van der Waals surface area contributed by atoms with Gasteiger partial charge in [0.15, 0.2) is 5.76 Å². The molecule has 3 rings (SSSR count). The molecule has 2 aromatic rings. The van der Waals surface area contributed by atoms with E-state index in [1.54, 1.807) is 17.0 Å². The Morgan fingerprint density at radius 3 is 2.46 bits per heavy atom. The number of para-hydroxylation sites is 1. The Labute approximate surface area is 153 Å². The molecule has 6 nitrogen and oxygen atoms in total. The van der Waals surface area contributed by atoms with E-state index in [2.05, 4.69) is 18.3 Å². The molecule has 1 aromatic carbocycles. The van der Waals surface area contributed by atoms with Gasteiger partial charge in [0.05, 0.1) is 6.26 Å². The molecule has 138 valence electrons. The van der Waals surface area contributed by atoms with Crippen LogP contribution in [0, 0.1) is 0 Å². The average Bonchev–Trinajstić information content (AvgIpc) is 3.22. The fourth-order valence-corrected chi connectivity index (χ4v) is 3.18. The van der Waals surface area contributed by atoms with Crippen LogP contribution in [0.2, 0.25) is 0 Å². The highest BCUT2D eigenvalue weighted by Crippen LogP contribution is 2.15. The Kier molecular flexibility index (Phi) is 5.94. The normalized spacial score (nSPS) is 14.3. The Morgan fingerprint density at radius 2 is 1.77 bits per heavy atom. The fourth-order valence-electron chi connectivity index (χ4n) is 3.18. The van der Waals surface area contributed by atoms with Crippen molar-refractivity contribution in [2.75, 3.05) is 38.0 Å². The largest absolute Gasteiger partial charge is 0.459 e. The third-order valence-electron chi connectivity index (χ3n) is 4.70. The second kappa shape index (κ2) is 8.56. The number of nitrogens with zero attached hydrogens (tertiary/aromatic N) is 2. The number of anilines is 1. The van der Waals surface area contributed by atoms with Gasteiger partial charge < -0.3 is 19.5 Å². The number of aryl methyl sites for hydroxylation is 1. The molecular formula is C20H25N3O3. The van der Waals surface area contributed by atoms with Crippen LogP contribution >= 0.6 is 0 Å². The summed E-state index contributed by atoms with van der Waals surface area (Å²) in [7, 11) is 0. The van der Waals surface area contributed by atoms with E-state index < -0.39 is 0 Å². The van der Waals surface area contributed by atoms with Crippen molar-refractivity contribution in [2.24, 2.45) is 0 Å². The molecule has 1 N–H and O–H groups in total. The van der Waals surface area contributed by atoms with Crippen molar-refractivity contribution in [3.8, 4) is 0 Å². The number of furan rings is 1. The summed E-state index contributed by atoms with van der Waals surface area (Å²) in [6.45, 7) is 4.94. The van der Waals surface area contributed by atoms with Gasteiger partial charge in [0, 0.05) is 44.8 Å². The molecule has 0 aliphatic carbocycles. The van der Waals surface area contributed by atoms with Gasteiger partial charge in [-0.3, -0.25) is 9.59 Å². The van der Waals surface area contributed by atoms with E-state index in [0.717, 1.165) is 12.1 Å². The highest BCUT2D eigenvalue weighted by Gasteiger charge is 2.25. The first kappa shape index (κ1) is 18.0. The van der Waals surface area contributed by atoms with Gasteiger partial charge >= 0.3 is 0 Å². The van der Waals surface area contributed by atoms with Crippen molar-refractivity contribution in [2.45, 2.75) is 19.8 Å². The molecule has 0 unspecified atom stereocenters. The summed E-state index contributed by atoms with van der Waals surface area (Å²) >= 11 is 0. The monoisotopic (exact) mass is 355 g/mol. The molecule has 1 saturated heterocycles. The molecule has 1 fully saturated rings. The number of carbonyl (C=O) groups excluding carboxylic acids is 2. The summed E-state index contributed by atoms with van der Waals surface area (Å²) < 4.78 is 5.16. The minimum atomic E-state index is -0.111. The summed E-state index contributed by atoms with van der Waals surface area (Å²) in [4.78, 5) is 28.2. The lowest BCUT2D eigenvalue weighted by Crippen LogP contribution is -2.50. The van der Waals surface area contributed by atoms with Crippen molar-refractivity contribution < 1.29 is 14.0 Å². The van der Waals surface area contributed by atoms with Crippen LogP contribution in [0.3, 0.4) is 0 Å². The first-order valence-corrected chi connectivity index (χ1v) is 9.11. The molecule has 1 aromatic heterocycles. The highest BCUT2D eigenvalue weighted by atomic mass is 16.3. The molecule has 0 atom stereocenters. The molecule has 0 saturated carbocycles. The van der Waals surface area contributed by atoms with Crippen LogP contribution in [0.1, 0.15) is 29.5 Å². The zero-order valence-electron chi connectivity index (χ0n) is 15.1. The minimum Gasteiger partial charge on any atom is -0.459 e. The van der Waals surface area contributed by atoms with E-state index in [1.165, 1.54) is 11.8 Å². The number of rotatable bonds is 6. The Bertz CT molecular complexity index is 735. The zero-order chi connectivity index (χ0) is 18.4. The molecule has 0 radical (unpaired) electrons. The van der Waals surface area contributed by atoms with Crippen LogP contribution in [-0.2, 0) is 11.2 Å². The summed E-state index contributed by atoms with van der Waals surface area (Å²) in [5.74, 6) is 0.361. The van der Waals surface area contributed by atoms with Gasteiger partial charge in [-0.25, -0.2) is 0 Å². The van der Waals surface area contributed by atoms with Gasteiger partial charge in [-0.1, -0.05) is 25.1 Å². The number of amides is 2. The Balaban J connectivity index is 1.43. The first-order chi connectivity index (χ1) is 12.7. The minimum absolute atomic E-state index is 0.111. The van der Waals surface area contributed by atoms with E-state index in [1.807, 2.05) is 23.1 Å². The maximum absolute atomic E-state index is 12.4. The predicted molar refractivity (Wildman–Crippen MR) is 100 cm³/mol. The number of hydrogen-bond donors (Lipinski definition) is 1. The fraction of sp³-hybridized carbons (Fsp3) is 0.400. The highest BCUT2D eigenvalue weighted by molar-refractivity contribution is 5.91. The maximum Gasteiger partial charge on any atom is 0.289 e. The predicted octanol–water partition coefficient (Wildman–Crippen LogP) is 2.63. The Hall–Kier alpha value is -2.76. The Morgan fingerprint density at radius 1 is 1.04 bits per heavy atom. The maximum atomic E-state index is 12.4. The molecule has 1 aliphatic rings. The van der Waals surface area contributed by atoms with Crippen LogP contribution in [-0.4, -0.2) is 54.3 Å². The third kappa shape index (κ3) is 4.25. The lowest BCUT2D eigenvalue weighted by atomic mass is 10.1. The smallest absolute Gasteiger partial charge is 0.289 e. The number of hydrogen-bond acceptors (Lipinski definition) is 4. The van der Waals surface area contributed by atoms with E-state index in [0.29, 0.717) is 44.9 Å². The van der Waals surface area contributed by atoms with Crippen LogP contribution < -0.4 is 5.32 Å². The molecule has 6 heteroatoms. The van der Waals surface area contributed by atoms with E-state index >= 15 is 0 Å². The molecule has 26 heavy (non-hydrogen) atoms. The van der Waals surface area contributed by atoms with Gasteiger partial charge in [-0.2, -0.15) is 0 Å². The summed E-state index contributed by atoms with van der Waals surface area (Å²) in [6, 6.07) is 11.5. The standard InChI is InChI=1S/C20H25N3O3/c1-2-16-6-3-4-7-17(16)21-10-9-19(24)22-11-13-23(14-12-22)20(25)18-8-5-15-26-18/h3-8,15,21H,2,9-14H2,1H3. The van der Waals surface area contributed by atoms with Crippen molar-refractivity contribution in [3.63, 3.8) is 0 Å². The summed E-state index contributed by atoms with van der Waals surface area (Å²) in [5.41, 5.74) is 2.35. The van der Waals surface area contributed by atoms with Crippen molar-refractivity contribution in [3.05, 3.63) is 54.0 Å². The molecular weight excluding hydrogens is 330 g/mol. The number of piperazine rings is 1. The van der Waals surface area contributed by atoms with Gasteiger partial charge in [0.25, 0.3) is 5.91 Å². The lowest BCUT2D eigenvalue weighted by Gasteiger charge is -2.34. The van der Waals surface area contributed by atoms with Crippen molar-refractivity contribution >= 4 is 17.5 Å². The molecule has 1 aliphatic heterocycles. The van der Waals surface area contributed by atoms with Gasteiger partial charge in [-0.05, 0) is 30.2 Å². The quantitative estimate of drug-likeness (QED) is 0.865. The number of carbonyl (C=O) groups is 2. The molecule has 2 amide bonds. The van der Waals surface area contributed by atoms with E-state index in [9.17, 15) is 9.59 Å². The van der Waals surface area contributed by atoms with Crippen LogP contribution in [0.4, 0.5) is 5.69 Å². The SMILES string of the molecule is CCc1ccccc1NCCC(=O)N1CCN(C(=O)c2ccco2)CC1. The lowest BCUT2D eigenvalue weighted by molar-refractivity contribution is -0.132. The van der Waals surface area contributed by atoms with Crippen LogP contribution in [0.25, 0.3) is 0 Å². The third-order valence-corrected chi connectivity index (χ3v) is 4.70. The topological polar surface area (TPSA) is 65.8 Å². The van der Waals surface area contributed by atoms with Gasteiger partial charge in [0.2, 0.25) is 5.91 Å². The van der Waals surface area contributed by atoms with E-state index in [4.69, 9.17) is 4.42 Å². The van der Waals surface area contributed by atoms with Crippen LogP contribution in [0.5, 0.6) is 0 Å². The molecule has 2 heterocycles. The molecule has 0 spiro atoms. The zero-order valence-corrected chi connectivity index (χ0v) is 15.1. The van der Waals surface area contributed by atoms with Gasteiger partial charge in [0.1, 0.15) is 0 Å². The van der Waals surface area contributed by atoms with E-state index in [-0.39, 0.29) is 11.8 Å². The summed E-state index contributed by atoms with van der Waals surface area (Å²) in [6.07, 6.45) is 2.91. The average molecular weight is 355 g/mol. The van der Waals surface area contributed by atoms with Crippen LogP contribution in [0.15, 0.2) is 47.1 Å². The van der Waals surface area contributed by atoms with Gasteiger partial charge in [-0.15, -0.1) is 0 Å². The second-order valence-corrected chi connectivity index (χ2v) is 6.34. The van der Waals surface area contributed by atoms with Crippen molar-refractivity contribution in [1.29, 1.82) is 0 Å². The number of nitrogens with one attached hydrogen (secondary N) is 1.